The van der Waals surface area contributed by atoms with Crippen LogP contribution in [0.5, 0.6) is 0 Å². The molecule has 0 saturated carbocycles. The SMILES string of the molecule is CCCC(Cl)Cc1c([N+](=O)[O-])c(C)nn1CCC. The van der Waals surface area contributed by atoms with Gasteiger partial charge in [-0.2, -0.15) is 5.10 Å². The highest BCUT2D eigenvalue weighted by atomic mass is 35.5. The van der Waals surface area contributed by atoms with Crippen LogP contribution in [0.3, 0.4) is 0 Å². The van der Waals surface area contributed by atoms with Crippen LogP contribution >= 0.6 is 11.6 Å². The van der Waals surface area contributed by atoms with Gasteiger partial charge in [-0.25, -0.2) is 0 Å². The zero-order valence-electron chi connectivity index (χ0n) is 11.1. The van der Waals surface area contributed by atoms with Crippen molar-refractivity contribution >= 4 is 17.3 Å². The maximum atomic E-state index is 11.1. The molecule has 1 rings (SSSR count). The number of aryl methyl sites for hydroxylation is 2. The maximum Gasteiger partial charge on any atom is 0.313 e. The molecule has 1 unspecified atom stereocenters. The number of hydrogen-bond donors (Lipinski definition) is 0. The van der Waals surface area contributed by atoms with E-state index in [-0.39, 0.29) is 16.0 Å². The topological polar surface area (TPSA) is 61.0 Å². The van der Waals surface area contributed by atoms with Crippen molar-refractivity contribution in [2.75, 3.05) is 0 Å². The van der Waals surface area contributed by atoms with Crippen LogP contribution in [0, 0.1) is 17.0 Å². The molecule has 0 bridgehead atoms. The fraction of sp³-hybridized carbons (Fsp3) is 0.750. The van der Waals surface area contributed by atoms with Gasteiger partial charge >= 0.3 is 5.69 Å². The Kier molecular flexibility index (Phi) is 5.59. The number of rotatable bonds is 7. The molecule has 0 N–H and O–H groups in total. The van der Waals surface area contributed by atoms with Gasteiger partial charge in [0.05, 0.1) is 4.92 Å². The van der Waals surface area contributed by atoms with Gasteiger partial charge in [0.25, 0.3) is 0 Å². The van der Waals surface area contributed by atoms with Crippen molar-refractivity contribution in [1.82, 2.24) is 9.78 Å². The molecule has 1 heterocycles. The number of nitro groups is 1. The molecular weight excluding hydrogens is 254 g/mol. The number of halogens is 1. The zero-order chi connectivity index (χ0) is 13.7. The van der Waals surface area contributed by atoms with Gasteiger partial charge in [-0.3, -0.25) is 14.8 Å². The second kappa shape index (κ2) is 6.73. The van der Waals surface area contributed by atoms with Crippen LogP contribution in [-0.2, 0) is 13.0 Å². The van der Waals surface area contributed by atoms with Crippen LogP contribution in [0.15, 0.2) is 0 Å². The van der Waals surface area contributed by atoms with Gasteiger partial charge in [0.2, 0.25) is 0 Å². The van der Waals surface area contributed by atoms with Crippen molar-refractivity contribution in [1.29, 1.82) is 0 Å². The van der Waals surface area contributed by atoms with E-state index < -0.39 is 0 Å². The van der Waals surface area contributed by atoms with E-state index in [2.05, 4.69) is 12.0 Å². The first-order chi connectivity index (χ1) is 8.51. The number of nitrogens with zero attached hydrogens (tertiary/aromatic N) is 3. The predicted molar refractivity (Wildman–Crippen MR) is 72.2 cm³/mol. The van der Waals surface area contributed by atoms with E-state index >= 15 is 0 Å². The standard InChI is InChI=1S/C12H20ClN3O2/c1-4-6-10(13)8-11-12(16(17)18)9(3)14-15(11)7-5-2/h10H,4-8H2,1-3H3. The third-order valence-electron chi connectivity index (χ3n) is 2.83. The summed E-state index contributed by atoms with van der Waals surface area (Å²) in [5, 5.41) is 15.3. The highest BCUT2D eigenvalue weighted by Gasteiger charge is 2.26. The summed E-state index contributed by atoms with van der Waals surface area (Å²) in [5.74, 6) is 0. The van der Waals surface area contributed by atoms with Gasteiger partial charge in [-0.1, -0.05) is 20.3 Å². The summed E-state index contributed by atoms with van der Waals surface area (Å²) >= 11 is 6.21. The first kappa shape index (κ1) is 15.0. The molecule has 0 aliphatic heterocycles. The van der Waals surface area contributed by atoms with Crippen molar-refractivity contribution in [2.24, 2.45) is 0 Å². The molecule has 0 aliphatic carbocycles. The second-order valence-corrected chi connectivity index (χ2v) is 5.07. The Hall–Kier alpha value is -1.10. The Morgan fingerprint density at radius 1 is 1.44 bits per heavy atom. The molecule has 0 radical (unpaired) electrons. The molecular formula is C12H20ClN3O2. The van der Waals surface area contributed by atoms with Crippen LogP contribution < -0.4 is 0 Å². The predicted octanol–water partition coefficient (Wildman–Crippen LogP) is 3.46. The fourth-order valence-electron chi connectivity index (χ4n) is 2.08. The molecule has 1 atom stereocenters. The molecule has 18 heavy (non-hydrogen) atoms. The lowest BCUT2D eigenvalue weighted by Gasteiger charge is -2.09. The van der Waals surface area contributed by atoms with Crippen LogP contribution in [0.2, 0.25) is 0 Å². The van der Waals surface area contributed by atoms with E-state index in [0.717, 1.165) is 19.3 Å². The van der Waals surface area contributed by atoms with Crippen LogP contribution in [0.4, 0.5) is 5.69 Å². The van der Waals surface area contributed by atoms with Crippen LogP contribution in [0.25, 0.3) is 0 Å². The van der Waals surface area contributed by atoms with Gasteiger partial charge in [-0.15, -0.1) is 11.6 Å². The van der Waals surface area contributed by atoms with Crippen molar-refractivity contribution < 1.29 is 4.92 Å². The summed E-state index contributed by atoms with van der Waals surface area (Å²) in [6.07, 6.45) is 3.23. The lowest BCUT2D eigenvalue weighted by atomic mass is 10.1. The van der Waals surface area contributed by atoms with E-state index in [1.54, 1.807) is 11.6 Å². The first-order valence-electron chi connectivity index (χ1n) is 6.35. The molecule has 1 aromatic rings. The van der Waals surface area contributed by atoms with E-state index in [1.807, 2.05) is 6.92 Å². The Balaban J connectivity index is 3.07. The largest absolute Gasteiger partial charge is 0.313 e. The Bertz CT molecular complexity index is 418. The summed E-state index contributed by atoms with van der Waals surface area (Å²) in [4.78, 5) is 10.8. The lowest BCUT2D eigenvalue weighted by molar-refractivity contribution is -0.386. The normalized spacial score (nSPS) is 12.7. The Labute approximate surface area is 112 Å². The van der Waals surface area contributed by atoms with E-state index in [0.29, 0.717) is 24.4 Å². The average Bonchev–Trinajstić information content (AvgIpc) is 2.56. The number of hydrogen-bond acceptors (Lipinski definition) is 3. The summed E-state index contributed by atoms with van der Waals surface area (Å²) < 4.78 is 1.73. The lowest BCUT2D eigenvalue weighted by Crippen LogP contribution is -2.11. The maximum absolute atomic E-state index is 11.1. The Morgan fingerprint density at radius 2 is 2.11 bits per heavy atom. The highest BCUT2D eigenvalue weighted by molar-refractivity contribution is 6.20. The third-order valence-corrected chi connectivity index (χ3v) is 3.21. The number of aromatic nitrogens is 2. The molecule has 0 saturated heterocycles. The van der Waals surface area contributed by atoms with Crippen molar-refractivity contribution in [2.45, 2.75) is 58.4 Å². The Morgan fingerprint density at radius 3 is 2.61 bits per heavy atom. The molecule has 0 spiro atoms. The van der Waals surface area contributed by atoms with Gasteiger partial charge in [0, 0.05) is 18.3 Å². The van der Waals surface area contributed by atoms with E-state index in [9.17, 15) is 10.1 Å². The third kappa shape index (κ3) is 3.45. The smallest absolute Gasteiger partial charge is 0.262 e. The van der Waals surface area contributed by atoms with Crippen molar-refractivity contribution in [3.63, 3.8) is 0 Å². The molecule has 0 fully saturated rings. The molecule has 102 valence electrons. The summed E-state index contributed by atoms with van der Waals surface area (Å²) in [7, 11) is 0. The van der Waals surface area contributed by atoms with Gasteiger partial charge in [0.1, 0.15) is 11.4 Å². The molecule has 0 aromatic carbocycles. The van der Waals surface area contributed by atoms with Crippen molar-refractivity contribution in [3.05, 3.63) is 21.5 Å². The van der Waals surface area contributed by atoms with E-state index in [4.69, 9.17) is 11.6 Å². The van der Waals surface area contributed by atoms with E-state index in [1.165, 1.54) is 0 Å². The summed E-state index contributed by atoms with van der Waals surface area (Å²) in [6.45, 7) is 6.45. The quantitative estimate of drug-likeness (QED) is 0.434. The first-order valence-corrected chi connectivity index (χ1v) is 6.79. The average molecular weight is 274 g/mol. The van der Waals surface area contributed by atoms with Crippen molar-refractivity contribution in [3.8, 4) is 0 Å². The molecule has 0 aliphatic rings. The zero-order valence-corrected chi connectivity index (χ0v) is 11.9. The monoisotopic (exact) mass is 273 g/mol. The minimum Gasteiger partial charge on any atom is -0.262 e. The molecule has 0 amide bonds. The minimum atomic E-state index is -0.348. The van der Waals surface area contributed by atoms with Crippen LogP contribution in [-0.4, -0.2) is 20.1 Å². The number of alkyl halides is 1. The highest BCUT2D eigenvalue weighted by Crippen LogP contribution is 2.26. The fourth-order valence-corrected chi connectivity index (χ4v) is 2.45. The molecule has 5 nitrogen and oxygen atoms in total. The van der Waals surface area contributed by atoms with Crippen LogP contribution in [0.1, 0.15) is 44.5 Å². The second-order valence-electron chi connectivity index (χ2n) is 4.45. The molecule has 1 aromatic heterocycles. The molecule has 6 heteroatoms. The summed E-state index contributed by atoms with van der Waals surface area (Å²) in [6, 6.07) is 0. The van der Waals surface area contributed by atoms with Gasteiger partial charge < -0.3 is 0 Å². The van der Waals surface area contributed by atoms with Gasteiger partial charge in [0.15, 0.2) is 0 Å². The minimum absolute atomic E-state index is 0.0691. The van der Waals surface area contributed by atoms with Gasteiger partial charge in [-0.05, 0) is 19.8 Å². The summed E-state index contributed by atoms with van der Waals surface area (Å²) in [5.41, 5.74) is 1.27.